The topological polar surface area (TPSA) is 17.1 Å². The van der Waals surface area contributed by atoms with Crippen LogP contribution in [-0.4, -0.2) is 5.78 Å². The van der Waals surface area contributed by atoms with E-state index in [0.717, 1.165) is 25.7 Å². The van der Waals surface area contributed by atoms with Crippen molar-refractivity contribution in [1.29, 1.82) is 0 Å². The molecule has 0 saturated heterocycles. The zero-order valence-corrected chi connectivity index (χ0v) is 12.6. The molecule has 1 unspecified atom stereocenters. The van der Waals surface area contributed by atoms with Crippen LogP contribution in [0, 0.1) is 5.92 Å². The van der Waals surface area contributed by atoms with E-state index in [-0.39, 0.29) is 0 Å². The van der Waals surface area contributed by atoms with Crippen LogP contribution in [0.3, 0.4) is 0 Å². The molecule has 0 spiro atoms. The Balaban J connectivity index is 1.83. The lowest BCUT2D eigenvalue weighted by molar-refractivity contribution is -0.129. The molecule has 1 nitrogen and oxygen atoms in total. The summed E-state index contributed by atoms with van der Waals surface area (Å²) in [6, 6.07) is 0. The van der Waals surface area contributed by atoms with E-state index in [1.165, 1.54) is 44.9 Å². The summed E-state index contributed by atoms with van der Waals surface area (Å²) in [6.07, 6.45) is 22.2. The summed E-state index contributed by atoms with van der Waals surface area (Å²) in [6.45, 7) is 2.24. The van der Waals surface area contributed by atoms with Crippen molar-refractivity contribution in [2.24, 2.45) is 5.92 Å². The average Bonchev–Trinajstić information content (AvgIpc) is 2.42. The summed E-state index contributed by atoms with van der Waals surface area (Å²) in [4.78, 5) is 11.1. The first-order valence-corrected chi connectivity index (χ1v) is 8.17. The van der Waals surface area contributed by atoms with Gasteiger partial charge in [-0.1, -0.05) is 50.5 Å². The maximum Gasteiger partial charge on any atom is 0.136 e. The van der Waals surface area contributed by atoms with Crippen LogP contribution < -0.4 is 0 Å². The zero-order valence-electron chi connectivity index (χ0n) is 12.6. The van der Waals surface area contributed by atoms with E-state index in [4.69, 9.17) is 0 Å². The molecule has 0 heterocycles. The van der Waals surface area contributed by atoms with Gasteiger partial charge in [0.15, 0.2) is 0 Å². The number of allylic oxidation sites excluding steroid dienone is 4. The Morgan fingerprint density at radius 3 is 2.21 bits per heavy atom. The third-order valence-corrected chi connectivity index (χ3v) is 3.95. The predicted octanol–water partition coefficient (Wildman–Crippen LogP) is 5.61. The molecular formula is C18H30O. The summed E-state index contributed by atoms with van der Waals surface area (Å²) in [5.74, 6) is 0.929. The Hall–Kier alpha value is -0.850. The van der Waals surface area contributed by atoms with Crippen LogP contribution in [0.5, 0.6) is 0 Å². The lowest BCUT2D eigenvalue weighted by Crippen LogP contribution is -2.25. The molecule has 0 amide bonds. The van der Waals surface area contributed by atoms with E-state index in [0.29, 0.717) is 11.7 Å². The van der Waals surface area contributed by atoms with Gasteiger partial charge in [0, 0.05) is 12.3 Å². The maximum absolute atomic E-state index is 11.1. The average molecular weight is 262 g/mol. The summed E-state index contributed by atoms with van der Waals surface area (Å²) < 4.78 is 0. The van der Waals surface area contributed by atoms with E-state index in [2.05, 4.69) is 31.2 Å². The Labute approximate surface area is 119 Å². The first kappa shape index (κ1) is 16.2. The minimum atomic E-state index is 0.426. The van der Waals surface area contributed by atoms with Crippen LogP contribution in [0.25, 0.3) is 0 Å². The SMILES string of the molecule is CCCCCC=CCC=CCCCCC1CCC1=O. The lowest BCUT2D eigenvalue weighted by atomic mass is 9.80. The van der Waals surface area contributed by atoms with E-state index in [1.807, 2.05) is 0 Å². The minimum Gasteiger partial charge on any atom is -0.299 e. The third-order valence-electron chi connectivity index (χ3n) is 3.95. The highest BCUT2D eigenvalue weighted by atomic mass is 16.1. The Morgan fingerprint density at radius 2 is 1.68 bits per heavy atom. The number of carbonyl (C=O) groups is 1. The summed E-state index contributed by atoms with van der Waals surface area (Å²) in [5, 5.41) is 0. The number of hydrogen-bond donors (Lipinski definition) is 0. The number of Topliss-reactive ketones (excluding diaryl/α,β-unsaturated/α-hetero) is 1. The van der Waals surface area contributed by atoms with Crippen molar-refractivity contribution >= 4 is 5.78 Å². The maximum atomic E-state index is 11.1. The van der Waals surface area contributed by atoms with Crippen molar-refractivity contribution in [2.45, 2.75) is 77.6 Å². The van der Waals surface area contributed by atoms with Crippen molar-refractivity contribution in [3.05, 3.63) is 24.3 Å². The molecule has 1 rings (SSSR count). The fourth-order valence-corrected chi connectivity index (χ4v) is 2.44. The monoisotopic (exact) mass is 262 g/mol. The van der Waals surface area contributed by atoms with E-state index < -0.39 is 0 Å². The number of carbonyl (C=O) groups excluding carboxylic acids is 1. The zero-order chi connectivity index (χ0) is 13.8. The van der Waals surface area contributed by atoms with E-state index in [1.54, 1.807) is 0 Å². The van der Waals surface area contributed by atoms with E-state index >= 15 is 0 Å². The van der Waals surface area contributed by atoms with Crippen molar-refractivity contribution in [3.8, 4) is 0 Å². The van der Waals surface area contributed by atoms with Gasteiger partial charge < -0.3 is 0 Å². The van der Waals surface area contributed by atoms with Gasteiger partial charge in [-0.15, -0.1) is 0 Å². The third kappa shape index (κ3) is 8.02. The van der Waals surface area contributed by atoms with Crippen molar-refractivity contribution < 1.29 is 4.79 Å². The predicted molar refractivity (Wildman–Crippen MR) is 83.2 cm³/mol. The molecule has 0 aromatic rings. The molecule has 1 fully saturated rings. The molecule has 0 bridgehead atoms. The molecule has 1 aliphatic rings. The van der Waals surface area contributed by atoms with Gasteiger partial charge in [-0.25, -0.2) is 0 Å². The lowest BCUT2D eigenvalue weighted by Gasteiger charge is -2.23. The van der Waals surface area contributed by atoms with Crippen LogP contribution in [0.15, 0.2) is 24.3 Å². The summed E-state index contributed by atoms with van der Waals surface area (Å²) in [5.41, 5.74) is 0. The quantitative estimate of drug-likeness (QED) is 0.349. The van der Waals surface area contributed by atoms with E-state index in [9.17, 15) is 4.79 Å². The number of ketones is 1. The van der Waals surface area contributed by atoms with Gasteiger partial charge in [-0.3, -0.25) is 4.79 Å². The summed E-state index contributed by atoms with van der Waals surface area (Å²) >= 11 is 0. The van der Waals surface area contributed by atoms with Gasteiger partial charge in [0.25, 0.3) is 0 Å². The first-order valence-electron chi connectivity index (χ1n) is 8.17. The van der Waals surface area contributed by atoms with Crippen molar-refractivity contribution in [2.75, 3.05) is 0 Å². The second kappa shape index (κ2) is 11.0. The van der Waals surface area contributed by atoms with Gasteiger partial charge in [-0.2, -0.15) is 0 Å². The van der Waals surface area contributed by atoms with Gasteiger partial charge in [0.2, 0.25) is 0 Å². The largest absolute Gasteiger partial charge is 0.299 e. The molecule has 1 heteroatoms. The molecule has 0 radical (unpaired) electrons. The molecule has 108 valence electrons. The van der Waals surface area contributed by atoms with Crippen molar-refractivity contribution in [1.82, 2.24) is 0 Å². The molecular weight excluding hydrogens is 232 g/mol. The summed E-state index contributed by atoms with van der Waals surface area (Å²) in [7, 11) is 0. The van der Waals surface area contributed by atoms with Gasteiger partial charge in [-0.05, 0) is 44.9 Å². The normalized spacial score (nSPS) is 19.4. The van der Waals surface area contributed by atoms with Crippen LogP contribution in [0.2, 0.25) is 0 Å². The van der Waals surface area contributed by atoms with Gasteiger partial charge in [0.1, 0.15) is 5.78 Å². The highest BCUT2D eigenvalue weighted by Crippen LogP contribution is 2.27. The van der Waals surface area contributed by atoms with Crippen LogP contribution >= 0.6 is 0 Å². The van der Waals surface area contributed by atoms with Gasteiger partial charge in [0.05, 0.1) is 0 Å². The molecule has 1 aliphatic carbocycles. The first-order chi connectivity index (χ1) is 9.34. The van der Waals surface area contributed by atoms with Crippen LogP contribution in [0.1, 0.15) is 77.6 Å². The molecule has 1 atom stereocenters. The second-order valence-corrected chi connectivity index (χ2v) is 5.66. The molecule has 0 aliphatic heterocycles. The van der Waals surface area contributed by atoms with Crippen LogP contribution in [0.4, 0.5) is 0 Å². The molecule has 1 saturated carbocycles. The fourth-order valence-electron chi connectivity index (χ4n) is 2.44. The Kier molecular flexibility index (Phi) is 9.40. The highest BCUT2D eigenvalue weighted by Gasteiger charge is 2.26. The van der Waals surface area contributed by atoms with Gasteiger partial charge >= 0.3 is 0 Å². The Bertz CT molecular complexity index is 288. The molecule has 19 heavy (non-hydrogen) atoms. The van der Waals surface area contributed by atoms with Crippen LogP contribution in [-0.2, 0) is 4.79 Å². The number of hydrogen-bond acceptors (Lipinski definition) is 1. The highest BCUT2D eigenvalue weighted by molar-refractivity contribution is 5.86. The minimum absolute atomic E-state index is 0.426. The number of unbranched alkanes of at least 4 members (excludes halogenated alkanes) is 5. The number of rotatable bonds is 11. The second-order valence-electron chi connectivity index (χ2n) is 5.66. The smallest absolute Gasteiger partial charge is 0.136 e. The standard InChI is InChI=1S/C18H30O/c1-2-3-4-5-6-7-8-9-10-11-12-13-14-17-15-16-18(17)19/h6-7,9-10,17H,2-5,8,11-16H2,1H3. The fraction of sp³-hybridized carbons (Fsp3) is 0.722. The Morgan fingerprint density at radius 1 is 1.00 bits per heavy atom. The molecule has 0 aromatic carbocycles. The van der Waals surface area contributed by atoms with Crippen molar-refractivity contribution in [3.63, 3.8) is 0 Å². The molecule has 0 aromatic heterocycles. The molecule has 0 N–H and O–H groups in total.